The minimum atomic E-state index is -0.883. The van der Waals surface area contributed by atoms with E-state index in [4.69, 9.17) is 19.2 Å². The number of rotatable bonds is 7. The number of aromatic nitrogens is 2. The first-order chi connectivity index (χ1) is 20.4. The molecule has 1 N–H and O–H groups in total. The molecule has 8 nitrogen and oxygen atoms in total. The number of ether oxygens (including phenoxy) is 3. The van der Waals surface area contributed by atoms with E-state index in [-0.39, 0.29) is 17.7 Å². The Morgan fingerprint density at radius 1 is 1.05 bits per heavy atom. The highest BCUT2D eigenvalue weighted by Crippen LogP contribution is 2.40. The summed E-state index contributed by atoms with van der Waals surface area (Å²) in [5, 5.41) is 1.02. The van der Waals surface area contributed by atoms with Gasteiger partial charge >= 0.3 is 5.97 Å². The third-order valence-corrected chi connectivity index (χ3v) is 8.31. The number of para-hydroxylation sites is 1. The Hall–Kier alpha value is -4.89. The van der Waals surface area contributed by atoms with Crippen LogP contribution >= 0.6 is 11.3 Å². The summed E-state index contributed by atoms with van der Waals surface area (Å²) in [7, 11) is 3.12. The number of nitrogens with zero attached hydrogens (tertiary/aromatic N) is 2. The summed E-state index contributed by atoms with van der Waals surface area (Å²) in [6, 6.07) is 21.9. The second-order valence-corrected chi connectivity index (χ2v) is 10.8. The van der Waals surface area contributed by atoms with Crippen molar-refractivity contribution in [2.75, 3.05) is 20.8 Å². The summed E-state index contributed by atoms with van der Waals surface area (Å²) in [6.45, 7) is 3.90. The van der Waals surface area contributed by atoms with Crippen molar-refractivity contribution >= 4 is 40.0 Å². The second kappa shape index (κ2) is 11.2. The van der Waals surface area contributed by atoms with E-state index < -0.39 is 12.0 Å². The van der Waals surface area contributed by atoms with Crippen LogP contribution in [0.15, 0.2) is 88.2 Å². The molecule has 6 rings (SSSR count). The smallest absolute Gasteiger partial charge is 0.338 e. The number of thiazole rings is 1. The van der Waals surface area contributed by atoms with E-state index in [0.717, 1.165) is 27.7 Å². The average Bonchev–Trinajstić information content (AvgIpc) is 3.51. The molecule has 0 radical (unpaired) electrons. The van der Waals surface area contributed by atoms with E-state index >= 15 is 0 Å². The molecular formula is C33H29N3O5S. The molecule has 3 aromatic carbocycles. The molecular weight excluding hydrogens is 550 g/mol. The van der Waals surface area contributed by atoms with Crippen LogP contribution in [-0.2, 0) is 9.53 Å². The molecule has 0 spiro atoms. The Bertz CT molecular complexity index is 2040. The minimum absolute atomic E-state index is 0.163. The summed E-state index contributed by atoms with van der Waals surface area (Å²) in [5.74, 6) is 0.500. The van der Waals surface area contributed by atoms with Gasteiger partial charge in [0.05, 0.1) is 36.6 Å². The van der Waals surface area contributed by atoms with Crippen LogP contribution in [0.1, 0.15) is 35.3 Å². The minimum Gasteiger partial charge on any atom is -0.497 e. The van der Waals surface area contributed by atoms with Crippen molar-refractivity contribution in [3.63, 3.8) is 0 Å². The summed E-state index contributed by atoms with van der Waals surface area (Å²) in [6.07, 6.45) is 1.90. The molecule has 9 heteroatoms. The number of H-pyrrole nitrogens is 1. The lowest BCUT2D eigenvalue weighted by Crippen LogP contribution is -2.40. The predicted molar refractivity (Wildman–Crippen MR) is 164 cm³/mol. The lowest BCUT2D eigenvalue weighted by Gasteiger charge is -2.27. The molecule has 42 heavy (non-hydrogen) atoms. The summed E-state index contributed by atoms with van der Waals surface area (Å²) < 4.78 is 18.9. The van der Waals surface area contributed by atoms with Crippen LogP contribution < -0.4 is 24.4 Å². The Morgan fingerprint density at radius 2 is 1.81 bits per heavy atom. The number of carbonyl (C=O) groups is 1. The van der Waals surface area contributed by atoms with Crippen LogP contribution in [0.2, 0.25) is 0 Å². The quantitative estimate of drug-likeness (QED) is 0.281. The molecule has 1 aliphatic rings. The molecule has 0 aliphatic carbocycles. The SMILES string of the molecule is CCOC(=O)C1=C(c2ccccc2)N=c2s/c(=C\c3c(C)[nH]c4ccccc34)c(=O)n2[C@H]1c1cc(OC)ccc1OC. The van der Waals surface area contributed by atoms with Gasteiger partial charge in [-0.15, -0.1) is 0 Å². The van der Waals surface area contributed by atoms with Gasteiger partial charge in [-0.25, -0.2) is 9.79 Å². The maximum atomic E-state index is 14.3. The van der Waals surface area contributed by atoms with E-state index in [1.165, 1.54) is 11.3 Å². The van der Waals surface area contributed by atoms with Gasteiger partial charge in [-0.3, -0.25) is 9.36 Å². The number of methoxy groups -OCH3 is 2. The number of aromatic amines is 1. The Balaban J connectivity index is 1.71. The zero-order chi connectivity index (χ0) is 29.4. The molecule has 0 saturated carbocycles. The van der Waals surface area contributed by atoms with E-state index in [1.54, 1.807) is 43.9 Å². The molecule has 212 valence electrons. The van der Waals surface area contributed by atoms with E-state index in [9.17, 15) is 9.59 Å². The van der Waals surface area contributed by atoms with Gasteiger partial charge in [0.15, 0.2) is 4.80 Å². The highest BCUT2D eigenvalue weighted by Gasteiger charge is 2.37. The Morgan fingerprint density at radius 3 is 2.55 bits per heavy atom. The van der Waals surface area contributed by atoms with E-state index in [0.29, 0.717) is 32.1 Å². The van der Waals surface area contributed by atoms with Gasteiger partial charge < -0.3 is 19.2 Å². The first-order valence-electron chi connectivity index (χ1n) is 13.5. The van der Waals surface area contributed by atoms with Crippen molar-refractivity contribution in [1.29, 1.82) is 0 Å². The van der Waals surface area contributed by atoms with Gasteiger partial charge in [0, 0.05) is 33.3 Å². The monoisotopic (exact) mass is 579 g/mol. The van der Waals surface area contributed by atoms with Crippen LogP contribution in [-0.4, -0.2) is 36.3 Å². The standard InChI is InChI=1S/C33H29N3O5S/c1-5-41-32(38)28-29(20-11-7-6-8-12-20)35-33-36(30(28)24-17-21(39-3)15-16-26(24)40-4)31(37)27(42-33)18-23-19(2)34-25-14-10-9-13-22(23)25/h6-18,30,34H,5H2,1-4H3/b27-18-/t30-/m0/s1. The second-order valence-electron chi connectivity index (χ2n) is 9.75. The first-order valence-corrected chi connectivity index (χ1v) is 14.3. The van der Waals surface area contributed by atoms with Crippen molar-refractivity contribution in [1.82, 2.24) is 9.55 Å². The zero-order valence-electron chi connectivity index (χ0n) is 23.6. The van der Waals surface area contributed by atoms with E-state index in [2.05, 4.69) is 4.98 Å². The molecule has 2 aromatic heterocycles. The van der Waals surface area contributed by atoms with Gasteiger partial charge in [0.25, 0.3) is 5.56 Å². The average molecular weight is 580 g/mol. The van der Waals surface area contributed by atoms with Crippen molar-refractivity contribution in [3.8, 4) is 11.5 Å². The van der Waals surface area contributed by atoms with Crippen LogP contribution in [0.3, 0.4) is 0 Å². The fraction of sp³-hybridized carbons (Fsp3) is 0.182. The largest absolute Gasteiger partial charge is 0.497 e. The van der Waals surface area contributed by atoms with Crippen molar-refractivity contribution < 1.29 is 19.0 Å². The molecule has 0 bridgehead atoms. The Labute approximate surface area is 245 Å². The lowest BCUT2D eigenvalue weighted by atomic mass is 9.92. The predicted octanol–water partition coefficient (Wildman–Crippen LogP) is 4.74. The molecule has 1 atom stereocenters. The van der Waals surface area contributed by atoms with Gasteiger partial charge in [-0.1, -0.05) is 59.9 Å². The van der Waals surface area contributed by atoms with Gasteiger partial charge in [0.1, 0.15) is 17.5 Å². The molecule has 5 aromatic rings. The summed E-state index contributed by atoms with van der Waals surface area (Å²) in [5.41, 5.74) is 4.61. The summed E-state index contributed by atoms with van der Waals surface area (Å²) in [4.78, 5) is 36.9. The highest BCUT2D eigenvalue weighted by molar-refractivity contribution is 7.07. The highest BCUT2D eigenvalue weighted by atomic mass is 32.1. The molecule has 0 amide bonds. The van der Waals surface area contributed by atoms with Crippen molar-refractivity contribution in [2.45, 2.75) is 19.9 Å². The van der Waals surface area contributed by atoms with Crippen molar-refractivity contribution in [2.24, 2.45) is 4.99 Å². The number of fused-ring (bicyclic) bond motifs is 2. The third-order valence-electron chi connectivity index (χ3n) is 7.32. The normalized spacial score (nSPS) is 15.0. The molecule has 0 saturated heterocycles. The number of nitrogens with one attached hydrogen (secondary N) is 1. The number of benzene rings is 3. The molecule has 3 heterocycles. The zero-order valence-corrected chi connectivity index (χ0v) is 24.5. The number of esters is 1. The van der Waals surface area contributed by atoms with Gasteiger partial charge in [-0.05, 0) is 44.2 Å². The fourth-order valence-electron chi connectivity index (χ4n) is 5.40. The molecule has 1 aliphatic heterocycles. The van der Waals surface area contributed by atoms with Crippen molar-refractivity contribution in [3.05, 3.63) is 120 Å². The Kier molecular flexibility index (Phi) is 7.26. The summed E-state index contributed by atoms with van der Waals surface area (Å²) >= 11 is 1.28. The third kappa shape index (κ3) is 4.61. The first kappa shape index (κ1) is 27.3. The van der Waals surface area contributed by atoms with Crippen LogP contribution in [0, 0.1) is 6.92 Å². The fourth-order valence-corrected chi connectivity index (χ4v) is 6.39. The van der Waals surface area contributed by atoms with E-state index in [1.807, 2.05) is 67.6 Å². The lowest BCUT2D eigenvalue weighted by molar-refractivity contribution is -0.138. The number of aryl methyl sites for hydroxylation is 1. The topological polar surface area (TPSA) is 94.9 Å². The van der Waals surface area contributed by atoms with Gasteiger partial charge in [0.2, 0.25) is 0 Å². The molecule has 0 unspecified atom stereocenters. The number of hydrogen-bond donors (Lipinski definition) is 1. The van der Waals surface area contributed by atoms with Crippen LogP contribution in [0.4, 0.5) is 0 Å². The molecule has 0 fully saturated rings. The van der Waals surface area contributed by atoms with Crippen LogP contribution in [0.5, 0.6) is 11.5 Å². The number of hydrogen-bond acceptors (Lipinski definition) is 7. The maximum Gasteiger partial charge on any atom is 0.338 e. The van der Waals surface area contributed by atoms with Gasteiger partial charge in [-0.2, -0.15) is 0 Å². The maximum absolute atomic E-state index is 14.3. The number of carbonyl (C=O) groups excluding carboxylic acids is 1. The van der Waals surface area contributed by atoms with Crippen LogP contribution in [0.25, 0.3) is 22.7 Å².